The maximum atomic E-state index is 6.75. The van der Waals surface area contributed by atoms with E-state index in [2.05, 4.69) is 19.9 Å². The Hall–Kier alpha value is -2.14. The number of imidazole rings is 1. The number of hydrogen-bond donors (Lipinski definition) is 1. The molecule has 0 fully saturated rings. The average molecular weight is 163 g/mol. The van der Waals surface area contributed by atoms with Crippen molar-refractivity contribution in [3.8, 4) is 0 Å². The molecule has 7 heteroatoms. The summed E-state index contributed by atoms with van der Waals surface area (Å²) in [5, 5.41) is 0. The number of fused-ring (bicyclic) bond motifs is 1. The van der Waals surface area contributed by atoms with Gasteiger partial charge in [0.2, 0.25) is 0 Å². The molecular weight excluding hydrogens is 158 g/mol. The predicted molar refractivity (Wildman–Crippen MR) is 40.5 cm³/mol. The molecule has 2 aromatic heterocycles. The summed E-state index contributed by atoms with van der Waals surface area (Å²) in [5.74, 6) is 0. The van der Waals surface area contributed by atoms with Crippen LogP contribution in [0.5, 0.6) is 0 Å². The number of nitrogens with zero attached hydrogens (tertiary/aromatic N) is 5. The van der Waals surface area contributed by atoms with Crippen molar-refractivity contribution in [2.45, 2.75) is 0 Å². The highest BCUT2D eigenvalue weighted by atomic mass is 15.0. The topological polar surface area (TPSA) is 114 Å². The van der Waals surface area contributed by atoms with Crippen LogP contribution in [-0.2, 0) is 0 Å². The molecule has 0 aromatic carbocycles. The monoisotopic (exact) mass is 163 g/mol. The van der Waals surface area contributed by atoms with Gasteiger partial charge in [-0.1, -0.05) is 0 Å². The number of nitrogens with one attached hydrogen (secondary N) is 2. The summed E-state index contributed by atoms with van der Waals surface area (Å²) < 4.78 is 0. The zero-order valence-corrected chi connectivity index (χ0v) is 5.97. The second kappa shape index (κ2) is 3.89. The van der Waals surface area contributed by atoms with Gasteiger partial charge in [0.1, 0.15) is 6.20 Å². The van der Waals surface area contributed by atoms with Gasteiger partial charge in [-0.15, -0.1) is 0 Å². The first kappa shape index (κ1) is 7.96. The Morgan fingerprint density at radius 3 is 2.83 bits per heavy atom. The van der Waals surface area contributed by atoms with E-state index in [-0.39, 0.29) is 0 Å². The zero-order valence-electron chi connectivity index (χ0n) is 5.97. The van der Waals surface area contributed by atoms with Crippen LogP contribution in [0.4, 0.5) is 0 Å². The summed E-state index contributed by atoms with van der Waals surface area (Å²) in [6, 6.07) is 0. The lowest BCUT2D eigenvalue weighted by Crippen LogP contribution is -1.99. The second-order valence-electron chi connectivity index (χ2n) is 1.80. The van der Waals surface area contributed by atoms with Gasteiger partial charge in [-0.2, -0.15) is 4.98 Å². The van der Waals surface area contributed by atoms with Crippen molar-refractivity contribution in [1.82, 2.24) is 15.0 Å². The number of H-pyrrole nitrogens is 2. The van der Waals surface area contributed by atoms with Crippen molar-refractivity contribution in [3.05, 3.63) is 34.8 Å². The largest absolute Gasteiger partial charge is 0.373 e. The lowest BCUT2D eigenvalue weighted by atomic mass is 10.6. The number of rotatable bonds is 0. The van der Waals surface area contributed by atoms with Gasteiger partial charge in [-0.25, -0.2) is 4.98 Å². The summed E-state index contributed by atoms with van der Waals surface area (Å²) in [5.41, 5.74) is 15.2. The minimum absolute atomic E-state index is 0.744. The van der Waals surface area contributed by atoms with Gasteiger partial charge < -0.3 is 16.0 Å². The van der Waals surface area contributed by atoms with Crippen LogP contribution in [0.1, 0.15) is 0 Å². The molecule has 0 spiro atoms. The molecule has 12 heavy (non-hydrogen) atoms. The summed E-state index contributed by atoms with van der Waals surface area (Å²) in [4.78, 5) is 15.1. The summed E-state index contributed by atoms with van der Waals surface area (Å²) >= 11 is 0. The van der Waals surface area contributed by atoms with Crippen LogP contribution in [-0.4, -0.2) is 15.0 Å². The Kier molecular flexibility index (Phi) is 2.58. The number of aromatic amines is 2. The molecule has 0 unspecified atom stereocenters. The first-order valence-corrected chi connectivity index (χ1v) is 3.02. The molecule has 0 radical (unpaired) electrons. The third kappa shape index (κ3) is 1.68. The zero-order chi connectivity index (χ0) is 8.81. The van der Waals surface area contributed by atoms with E-state index in [9.17, 15) is 0 Å². The third-order valence-electron chi connectivity index (χ3n) is 1.14. The molecule has 0 amide bonds. The minimum atomic E-state index is 0.744. The Labute approximate surface area is 66.9 Å². The van der Waals surface area contributed by atoms with E-state index in [0.29, 0.717) is 0 Å². The van der Waals surface area contributed by atoms with Crippen molar-refractivity contribution in [1.29, 1.82) is 0 Å². The van der Waals surface area contributed by atoms with Crippen molar-refractivity contribution < 1.29 is 4.98 Å². The fourth-order valence-corrected chi connectivity index (χ4v) is 0.725. The molecule has 0 aliphatic heterocycles. The highest BCUT2D eigenvalue weighted by Crippen LogP contribution is 1.97. The van der Waals surface area contributed by atoms with E-state index in [1.807, 2.05) is 6.20 Å². The number of aromatic nitrogens is 4. The van der Waals surface area contributed by atoms with Crippen LogP contribution in [0.2, 0.25) is 0 Å². The van der Waals surface area contributed by atoms with E-state index in [1.54, 1.807) is 12.7 Å². The Morgan fingerprint density at radius 2 is 2.17 bits per heavy atom. The van der Waals surface area contributed by atoms with Crippen LogP contribution in [0.25, 0.3) is 27.1 Å². The van der Waals surface area contributed by atoms with E-state index >= 15 is 0 Å². The maximum Gasteiger partial charge on any atom is 0.294 e. The summed E-state index contributed by atoms with van der Waals surface area (Å²) in [6.07, 6.45) is 5.03. The summed E-state index contributed by atoms with van der Waals surface area (Å²) in [7, 11) is 0. The van der Waals surface area contributed by atoms with Crippen molar-refractivity contribution in [3.63, 3.8) is 0 Å². The molecule has 0 bridgehead atoms. The second-order valence-corrected chi connectivity index (χ2v) is 1.80. The van der Waals surface area contributed by atoms with E-state index in [0.717, 1.165) is 11.2 Å². The quantitative estimate of drug-likeness (QED) is 0.348. The first-order chi connectivity index (χ1) is 5.88. The SMILES string of the molecule is [N-]=[N+]=[N-].c1nc2nc[nH+]cc2[nH]1. The van der Waals surface area contributed by atoms with Crippen LogP contribution in [0.15, 0.2) is 18.9 Å². The van der Waals surface area contributed by atoms with E-state index in [1.165, 1.54) is 4.91 Å². The predicted octanol–water partition coefficient (Wildman–Crippen LogP) is 0.638. The third-order valence-corrected chi connectivity index (χ3v) is 1.14. The molecule has 0 saturated carbocycles. The molecule has 2 rings (SSSR count). The lowest BCUT2D eigenvalue weighted by molar-refractivity contribution is -0.380. The van der Waals surface area contributed by atoms with E-state index < -0.39 is 0 Å². The standard InChI is InChI=1S/C5H4N4.N3/c1-4-5(8-2-6-1)9-3-7-4;1-3-2/h1-3H,(H,6,7,8,9);/q;-1/p+1. The maximum absolute atomic E-state index is 6.75. The lowest BCUT2D eigenvalue weighted by Gasteiger charge is -1.72. The molecule has 2 aromatic rings. The Morgan fingerprint density at radius 1 is 1.42 bits per heavy atom. The van der Waals surface area contributed by atoms with Crippen molar-refractivity contribution >= 4 is 11.2 Å². The van der Waals surface area contributed by atoms with Gasteiger partial charge >= 0.3 is 0 Å². The Bertz CT molecular complexity index is 355. The van der Waals surface area contributed by atoms with Crippen LogP contribution in [0.3, 0.4) is 0 Å². The fourth-order valence-electron chi connectivity index (χ4n) is 0.725. The number of hydrogen-bond acceptors (Lipinski definition) is 2. The normalized spacial score (nSPS) is 8.33. The highest BCUT2D eigenvalue weighted by molar-refractivity contribution is 5.66. The van der Waals surface area contributed by atoms with Gasteiger partial charge in [0, 0.05) is 0 Å². The Balaban J connectivity index is 0.000000213. The van der Waals surface area contributed by atoms with Gasteiger partial charge in [-0.05, 0) is 4.98 Å². The van der Waals surface area contributed by atoms with E-state index in [4.69, 9.17) is 11.1 Å². The smallest absolute Gasteiger partial charge is 0.294 e. The summed E-state index contributed by atoms with van der Waals surface area (Å²) in [6.45, 7) is 0. The fraction of sp³-hybridized carbons (Fsp3) is 0. The van der Waals surface area contributed by atoms with Gasteiger partial charge in [-0.3, -0.25) is 4.91 Å². The minimum Gasteiger partial charge on any atom is -0.373 e. The molecular formula is C5H5N7. The van der Waals surface area contributed by atoms with Gasteiger partial charge in [0.15, 0.2) is 5.52 Å². The van der Waals surface area contributed by atoms with Crippen LogP contribution in [0, 0.1) is 0 Å². The average Bonchev–Trinajstić information content (AvgIpc) is 2.52. The molecule has 0 aliphatic carbocycles. The van der Waals surface area contributed by atoms with Crippen molar-refractivity contribution in [2.24, 2.45) is 0 Å². The van der Waals surface area contributed by atoms with Gasteiger partial charge in [0.25, 0.3) is 12.0 Å². The molecule has 0 saturated heterocycles. The highest BCUT2D eigenvalue weighted by Gasteiger charge is 1.98. The first-order valence-electron chi connectivity index (χ1n) is 3.02. The molecule has 0 aliphatic rings. The van der Waals surface area contributed by atoms with Crippen molar-refractivity contribution in [2.75, 3.05) is 0 Å². The van der Waals surface area contributed by atoms with Gasteiger partial charge in [0.05, 0.1) is 6.33 Å². The molecule has 2 N–H and O–H groups in total. The van der Waals surface area contributed by atoms with Crippen LogP contribution >= 0.6 is 0 Å². The van der Waals surface area contributed by atoms with Crippen LogP contribution < -0.4 is 4.98 Å². The molecule has 2 heterocycles. The molecule has 60 valence electrons. The molecule has 0 atom stereocenters. The molecule has 7 nitrogen and oxygen atoms in total.